The Morgan fingerprint density at radius 2 is 2.26 bits per heavy atom. The van der Waals surface area contributed by atoms with E-state index >= 15 is 0 Å². The van der Waals surface area contributed by atoms with Crippen LogP contribution >= 0.6 is 34.4 Å². The van der Waals surface area contributed by atoms with Crippen molar-refractivity contribution < 1.29 is 28.9 Å². The van der Waals surface area contributed by atoms with Crippen LogP contribution in [0.25, 0.3) is 10.2 Å². The smallest absolute Gasteiger partial charge is 0.276 e. The third kappa shape index (κ3) is 4.21. The molecular formula is C20H17N7O5S3. The van der Waals surface area contributed by atoms with Gasteiger partial charge in [-0.25, -0.2) is 9.97 Å². The molecule has 1 saturated heterocycles. The molecule has 180 valence electrons. The molecule has 5 heterocycles. The lowest BCUT2D eigenvalue weighted by Crippen LogP contribution is -2.71. The summed E-state index contributed by atoms with van der Waals surface area (Å²) in [6.45, 7) is 0.257. The second-order valence-corrected chi connectivity index (χ2v) is 10.4. The number of fused-ring (bicyclic) bond motifs is 2. The van der Waals surface area contributed by atoms with E-state index in [-0.39, 0.29) is 28.8 Å². The Morgan fingerprint density at radius 1 is 1.43 bits per heavy atom. The van der Waals surface area contributed by atoms with Gasteiger partial charge in [0.25, 0.3) is 11.8 Å². The van der Waals surface area contributed by atoms with Gasteiger partial charge in [-0.2, -0.15) is 4.57 Å². The predicted molar refractivity (Wildman–Crippen MR) is 127 cm³/mol. The average Bonchev–Trinajstić information content (AvgIpc) is 3.48. The highest BCUT2D eigenvalue weighted by molar-refractivity contribution is 8.00. The highest BCUT2D eigenvalue weighted by Crippen LogP contribution is 2.40. The molecule has 1 unspecified atom stereocenters. The number of hydrogen-bond acceptors (Lipinski definition) is 12. The van der Waals surface area contributed by atoms with E-state index in [1.54, 1.807) is 10.9 Å². The minimum absolute atomic E-state index is 0.141. The molecule has 3 aromatic heterocycles. The summed E-state index contributed by atoms with van der Waals surface area (Å²) >= 11 is 3.99. The number of β-lactam (4-membered cyclic amide) rings is 1. The largest absolute Gasteiger partial charge is 0.543 e. The van der Waals surface area contributed by atoms with Crippen LogP contribution in [0.4, 0.5) is 5.13 Å². The highest BCUT2D eigenvalue weighted by atomic mass is 32.2. The summed E-state index contributed by atoms with van der Waals surface area (Å²) < 4.78 is 2.83. The van der Waals surface area contributed by atoms with E-state index in [9.17, 15) is 19.5 Å². The fraction of sp³-hybridized carbons (Fsp3) is 0.250. The molecule has 2 aliphatic rings. The quantitative estimate of drug-likeness (QED) is 0.170. The molecule has 0 spiro atoms. The molecule has 0 aromatic carbocycles. The van der Waals surface area contributed by atoms with Crippen molar-refractivity contribution in [2.24, 2.45) is 5.16 Å². The summed E-state index contributed by atoms with van der Waals surface area (Å²) in [5, 5.41) is 19.5. The number of nitrogens with zero attached hydrogens (tertiary/aromatic N) is 5. The number of carbonyl (C=O) groups is 3. The normalized spacial score (nSPS) is 20.0. The second-order valence-electron chi connectivity index (χ2n) is 7.51. The molecule has 5 rings (SSSR count). The zero-order valence-corrected chi connectivity index (χ0v) is 20.5. The average molecular weight is 532 g/mol. The standard InChI is InChI=1S/C20H17N7O5S3/c1-32-25-13(11-7-34-20(21)23-11)16(28)24-14-17(29)27-15(19(30)31)9(6-33-18(14)27)4-26-3-2-12-10(5-26)22-8-35-12/h2-3,5,7-8,14,18H,4,6H2,1H3,(H3-,21,23,24,28,30,31)/b25-13-/t14?,18-/m1/s1. The van der Waals surface area contributed by atoms with Gasteiger partial charge in [0.05, 0.1) is 21.9 Å². The fourth-order valence-corrected chi connectivity index (χ4v) is 6.39. The summed E-state index contributed by atoms with van der Waals surface area (Å²) in [5.74, 6) is -2.35. The van der Waals surface area contributed by atoms with Crippen LogP contribution in [0, 0.1) is 0 Å². The van der Waals surface area contributed by atoms with E-state index < -0.39 is 29.2 Å². The summed E-state index contributed by atoms with van der Waals surface area (Å²) in [7, 11) is 1.28. The number of pyridine rings is 1. The van der Waals surface area contributed by atoms with Crippen molar-refractivity contribution in [2.45, 2.75) is 18.0 Å². The number of aliphatic carboxylic acids is 1. The number of nitrogen functional groups attached to an aromatic ring is 1. The van der Waals surface area contributed by atoms with Gasteiger partial charge in [0.15, 0.2) is 29.8 Å². The summed E-state index contributed by atoms with van der Waals surface area (Å²) in [5.41, 5.74) is 8.60. The number of nitrogens with one attached hydrogen (secondary N) is 1. The van der Waals surface area contributed by atoms with Gasteiger partial charge < -0.3 is 25.8 Å². The molecule has 1 fully saturated rings. The fourth-order valence-electron chi connectivity index (χ4n) is 3.86. The van der Waals surface area contributed by atoms with E-state index in [1.807, 2.05) is 23.0 Å². The Morgan fingerprint density at radius 3 is 2.97 bits per heavy atom. The number of thioether (sulfide) groups is 1. The van der Waals surface area contributed by atoms with Crippen LogP contribution in [0.3, 0.4) is 0 Å². The van der Waals surface area contributed by atoms with Gasteiger partial charge in [-0.05, 0) is 0 Å². The maximum Gasteiger partial charge on any atom is 0.276 e. The number of thiazole rings is 2. The maximum absolute atomic E-state index is 13.0. The van der Waals surface area contributed by atoms with E-state index in [0.717, 1.165) is 21.6 Å². The number of carboxylic acid groups (broad SMARTS) is 1. The Hall–Kier alpha value is -3.56. The Bertz CT molecular complexity index is 1410. The molecule has 0 bridgehead atoms. The number of oxime groups is 1. The molecule has 35 heavy (non-hydrogen) atoms. The molecule has 3 N–H and O–H groups in total. The van der Waals surface area contributed by atoms with Crippen molar-refractivity contribution in [1.82, 2.24) is 20.2 Å². The molecule has 3 aromatic rings. The molecule has 0 aliphatic carbocycles. The van der Waals surface area contributed by atoms with E-state index in [2.05, 4.69) is 20.4 Å². The molecule has 2 amide bonds. The zero-order valence-electron chi connectivity index (χ0n) is 18.0. The Balaban J connectivity index is 1.36. The van der Waals surface area contributed by atoms with Crippen LogP contribution in [0.15, 0.2) is 45.8 Å². The molecule has 2 atom stereocenters. The van der Waals surface area contributed by atoms with Crippen molar-refractivity contribution in [3.63, 3.8) is 0 Å². The van der Waals surface area contributed by atoms with Gasteiger partial charge in [0, 0.05) is 22.8 Å². The highest BCUT2D eigenvalue weighted by Gasteiger charge is 2.53. The maximum atomic E-state index is 13.0. The first-order valence-corrected chi connectivity index (χ1v) is 12.9. The van der Waals surface area contributed by atoms with Crippen molar-refractivity contribution >= 4 is 73.3 Å². The third-order valence-corrected chi connectivity index (χ3v) is 8.22. The van der Waals surface area contributed by atoms with Crippen LogP contribution in [-0.2, 0) is 25.8 Å². The zero-order chi connectivity index (χ0) is 24.7. The molecule has 0 saturated carbocycles. The first kappa shape index (κ1) is 23.2. The minimum Gasteiger partial charge on any atom is -0.543 e. The van der Waals surface area contributed by atoms with Crippen LogP contribution in [-0.4, -0.2) is 62.6 Å². The number of anilines is 1. The second kappa shape index (κ2) is 9.24. The third-order valence-electron chi connectivity index (χ3n) is 5.39. The van der Waals surface area contributed by atoms with E-state index in [0.29, 0.717) is 11.3 Å². The van der Waals surface area contributed by atoms with Crippen LogP contribution in [0.1, 0.15) is 5.69 Å². The molecular weight excluding hydrogens is 514 g/mol. The minimum atomic E-state index is -1.45. The first-order valence-electron chi connectivity index (χ1n) is 10.1. The number of nitrogens with two attached hydrogens (primary N) is 1. The molecule has 2 aliphatic heterocycles. The van der Waals surface area contributed by atoms with E-state index in [4.69, 9.17) is 10.6 Å². The van der Waals surface area contributed by atoms with Crippen LogP contribution in [0.2, 0.25) is 0 Å². The van der Waals surface area contributed by atoms with E-state index in [1.165, 1.54) is 35.1 Å². The number of amides is 2. The number of carboxylic acids is 1. The molecule has 15 heteroatoms. The summed E-state index contributed by atoms with van der Waals surface area (Å²) in [6, 6.07) is 0.959. The monoisotopic (exact) mass is 531 g/mol. The lowest BCUT2D eigenvalue weighted by molar-refractivity contribution is -0.687. The Kier molecular flexibility index (Phi) is 6.12. The summed E-state index contributed by atoms with van der Waals surface area (Å²) in [4.78, 5) is 52.1. The van der Waals surface area contributed by atoms with Crippen molar-refractivity contribution in [1.29, 1.82) is 0 Å². The van der Waals surface area contributed by atoms with Gasteiger partial charge in [-0.3, -0.25) is 14.5 Å². The van der Waals surface area contributed by atoms with Crippen molar-refractivity contribution in [3.8, 4) is 0 Å². The Labute approximate surface area is 210 Å². The van der Waals surface area contributed by atoms with Gasteiger partial charge >= 0.3 is 0 Å². The number of rotatable bonds is 7. The van der Waals surface area contributed by atoms with Crippen LogP contribution in [0.5, 0.6) is 0 Å². The predicted octanol–water partition coefficient (Wildman–Crippen LogP) is -0.923. The summed E-state index contributed by atoms with van der Waals surface area (Å²) in [6.07, 6.45) is 3.66. The van der Waals surface area contributed by atoms with Crippen molar-refractivity contribution in [3.05, 3.63) is 46.3 Å². The van der Waals surface area contributed by atoms with Gasteiger partial charge in [0.1, 0.15) is 29.7 Å². The van der Waals surface area contributed by atoms with Crippen LogP contribution < -0.4 is 20.7 Å². The SMILES string of the molecule is CO/N=C(\C(=O)NC1C(=O)N2C(C(=O)[O-])=C(C[n+]3ccc4scnc4c3)CS[C@H]12)c1csc(N)n1. The van der Waals surface area contributed by atoms with Gasteiger partial charge in [0.2, 0.25) is 0 Å². The topological polar surface area (TPSA) is 167 Å². The van der Waals surface area contributed by atoms with Gasteiger partial charge in [-0.15, -0.1) is 34.4 Å². The lowest BCUT2D eigenvalue weighted by atomic mass is 10.0. The first-order chi connectivity index (χ1) is 16.9. The number of hydrogen-bond donors (Lipinski definition) is 2. The molecule has 0 radical (unpaired) electrons. The van der Waals surface area contributed by atoms with Gasteiger partial charge in [-0.1, -0.05) is 5.16 Å². The van der Waals surface area contributed by atoms with Crippen molar-refractivity contribution in [2.75, 3.05) is 18.6 Å². The number of aromatic nitrogens is 3. The lowest BCUT2D eigenvalue weighted by Gasteiger charge is -2.50. The number of carbonyl (C=O) groups excluding carboxylic acids is 3. The molecule has 12 nitrogen and oxygen atoms in total.